The van der Waals surface area contributed by atoms with Crippen LogP contribution >= 0.6 is 28.6 Å². The SMILES string of the molecule is COc1cc(Br)c(CCCS)cc1O. The number of ether oxygens (including phenoxy) is 1. The second-order valence-corrected chi connectivity index (χ2v) is 4.24. The highest BCUT2D eigenvalue weighted by Crippen LogP contribution is 2.32. The maximum absolute atomic E-state index is 9.55. The molecule has 78 valence electrons. The predicted octanol–water partition coefficient (Wildman–Crippen LogP) is 3.03. The van der Waals surface area contributed by atoms with E-state index in [0.717, 1.165) is 28.6 Å². The minimum absolute atomic E-state index is 0.185. The van der Waals surface area contributed by atoms with Gasteiger partial charge < -0.3 is 9.84 Å². The average molecular weight is 277 g/mol. The maximum Gasteiger partial charge on any atom is 0.161 e. The quantitative estimate of drug-likeness (QED) is 0.828. The van der Waals surface area contributed by atoms with Crippen LogP contribution in [0.25, 0.3) is 0 Å². The summed E-state index contributed by atoms with van der Waals surface area (Å²) in [5.41, 5.74) is 1.08. The van der Waals surface area contributed by atoms with Crippen molar-refractivity contribution in [2.24, 2.45) is 0 Å². The molecule has 0 saturated heterocycles. The molecule has 0 aliphatic rings. The molecule has 1 aromatic carbocycles. The van der Waals surface area contributed by atoms with E-state index in [0.29, 0.717) is 5.75 Å². The molecule has 0 heterocycles. The number of benzene rings is 1. The van der Waals surface area contributed by atoms with Gasteiger partial charge in [0.15, 0.2) is 11.5 Å². The van der Waals surface area contributed by atoms with Gasteiger partial charge in [-0.15, -0.1) is 0 Å². The summed E-state index contributed by atoms with van der Waals surface area (Å²) in [5.74, 6) is 1.52. The molecule has 1 N–H and O–H groups in total. The van der Waals surface area contributed by atoms with Crippen LogP contribution in [0, 0.1) is 0 Å². The molecule has 0 amide bonds. The van der Waals surface area contributed by atoms with Crippen molar-refractivity contribution in [1.82, 2.24) is 0 Å². The molecule has 0 aromatic heterocycles. The number of aryl methyl sites for hydroxylation is 1. The van der Waals surface area contributed by atoms with Gasteiger partial charge in [-0.05, 0) is 36.3 Å². The van der Waals surface area contributed by atoms with Gasteiger partial charge >= 0.3 is 0 Å². The molecule has 4 heteroatoms. The highest BCUT2D eigenvalue weighted by Gasteiger charge is 2.07. The second kappa shape index (κ2) is 5.51. The van der Waals surface area contributed by atoms with Crippen molar-refractivity contribution in [3.63, 3.8) is 0 Å². The van der Waals surface area contributed by atoms with E-state index >= 15 is 0 Å². The fourth-order valence-electron chi connectivity index (χ4n) is 1.21. The fraction of sp³-hybridized carbons (Fsp3) is 0.400. The number of halogens is 1. The van der Waals surface area contributed by atoms with Crippen molar-refractivity contribution in [2.75, 3.05) is 12.9 Å². The van der Waals surface area contributed by atoms with E-state index in [1.165, 1.54) is 7.11 Å². The van der Waals surface area contributed by atoms with Crippen LogP contribution < -0.4 is 4.74 Å². The molecule has 0 atom stereocenters. The van der Waals surface area contributed by atoms with Crippen LogP contribution in [0.15, 0.2) is 16.6 Å². The Labute approximate surface area is 97.8 Å². The third kappa shape index (κ3) is 2.82. The maximum atomic E-state index is 9.55. The first-order chi connectivity index (χ1) is 6.69. The predicted molar refractivity (Wildman–Crippen MR) is 64.5 cm³/mol. The third-order valence-corrected chi connectivity index (χ3v) is 3.01. The molecule has 0 fully saturated rings. The number of rotatable bonds is 4. The molecule has 14 heavy (non-hydrogen) atoms. The van der Waals surface area contributed by atoms with Crippen molar-refractivity contribution < 1.29 is 9.84 Å². The number of hydrogen-bond donors (Lipinski definition) is 2. The summed E-state index contributed by atoms with van der Waals surface area (Å²) >= 11 is 7.58. The molecule has 0 saturated carbocycles. The zero-order valence-electron chi connectivity index (χ0n) is 7.96. The minimum Gasteiger partial charge on any atom is -0.504 e. The number of aromatic hydroxyl groups is 1. The Morgan fingerprint density at radius 2 is 2.21 bits per heavy atom. The normalized spacial score (nSPS) is 10.2. The molecule has 0 bridgehead atoms. The van der Waals surface area contributed by atoms with Crippen LogP contribution in [0.1, 0.15) is 12.0 Å². The van der Waals surface area contributed by atoms with E-state index in [9.17, 15) is 5.11 Å². The topological polar surface area (TPSA) is 29.5 Å². The summed E-state index contributed by atoms with van der Waals surface area (Å²) in [6.07, 6.45) is 1.90. The highest BCUT2D eigenvalue weighted by atomic mass is 79.9. The van der Waals surface area contributed by atoms with Gasteiger partial charge in [0.05, 0.1) is 7.11 Å². The van der Waals surface area contributed by atoms with Crippen LogP contribution in [0.3, 0.4) is 0 Å². The van der Waals surface area contributed by atoms with Gasteiger partial charge in [-0.3, -0.25) is 0 Å². The summed E-state index contributed by atoms with van der Waals surface area (Å²) in [6, 6.07) is 3.51. The lowest BCUT2D eigenvalue weighted by Gasteiger charge is -2.08. The standard InChI is InChI=1S/C10H13BrO2S/c1-13-10-6-8(11)7(3-2-4-14)5-9(10)12/h5-6,12,14H,2-4H2,1H3. The van der Waals surface area contributed by atoms with E-state index in [1.54, 1.807) is 12.1 Å². The van der Waals surface area contributed by atoms with Crippen molar-refractivity contribution in [1.29, 1.82) is 0 Å². The molecule has 2 nitrogen and oxygen atoms in total. The fourth-order valence-corrected chi connectivity index (χ4v) is 1.89. The molecule has 0 unspecified atom stereocenters. The summed E-state index contributed by atoms with van der Waals surface area (Å²) in [4.78, 5) is 0. The van der Waals surface area contributed by atoms with Crippen molar-refractivity contribution in [2.45, 2.75) is 12.8 Å². The van der Waals surface area contributed by atoms with Crippen molar-refractivity contribution in [3.05, 3.63) is 22.2 Å². The Kier molecular flexibility index (Phi) is 4.62. The molecular formula is C10H13BrO2S. The van der Waals surface area contributed by atoms with Crippen LogP contribution in [-0.2, 0) is 6.42 Å². The highest BCUT2D eigenvalue weighted by molar-refractivity contribution is 9.10. The lowest BCUT2D eigenvalue weighted by molar-refractivity contribution is 0.372. The smallest absolute Gasteiger partial charge is 0.161 e. The van der Waals surface area contributed by atoms with E-state index in [2.05, 4.69) is 28.6 Å². The van der Waals surface area contributed by atoms with E-state index in [-0.39, 0.29) is 5.75 Å². The van der Waals surface area contributed by atoms with Gasteiger partial charge in [-0.1, -0.05) is 15.9 Å². The lowest BCUT2D eigenvalue weighted by Crippen LogP contribution is -1.91. The van der Waals surface area contributed by atoms with E-state index < -0.39 is 0 Å². The number of thiol groups is 1. The van der Waals surface area contributed by atoms with E-state index in [1.807, 2.05) is 0 Å². The zero-order chi connectivity index (χ0) is 10.6. The van der Waals surface area contributed by atoms with Gasteiger partial charge in [-0.2, -0.15) is 12.6 Å². The Hall–Kier alpha value is -0.350. The van der Waals surface area contributed by atoms with Crippen LogP contribution in [0.5, 0.6) is 11.5 Å². The lowest BCUT2D eigenvalue weighted by atomic mass is 10.1. The van der Waals surface area contributed by atoms with Crippen LogP contribution in [-0.4, -0.2) is 18.0 Å². The van der Waals surface area contributed by atoms with Gasteiger partial charge in [0.2, 0.25) is 0 Å². The minimum atomic E-state index is 0.185. The van der Waals surface area contributed by atoms with Crippen molar-refractivity contribution in [3.8, 4) is 11.5 Å². The third-order valence-electron chi connectivity index (χ3n) is 1.95. The van der Waals surface area contributed by atoms with Gasteiger partial charge in [0, 0.05) is 4.47 Å². The Morgan fingerprint density at radius 3 is 2.79 bits per heavy atom. The summed E-state index contributed by atoms with van der Waals surface area (Å²) in [7, 11) is 1.54. The zero-order valence-corrected chi connectivity index (χ0v) is 10.4. The Bertz CT molecular complexity index is 315. The molecule has 0 spiro atoms. The first-order valence-corrected chi connectivity index (χ1v) is 5.77. The number of phenolic OH excluding ortho intramolecular Hbond substituents is 1. The first kappa shape index (κ1) is 11.7. The molecule has 0 aliphatic carbocycles. The summed E-state index contributed by atoms with van der Waals surface area (Å²) in [6.45, 7) is 0. The Morgan fingerprint density at radius 1 is 1.50 bits per heavy atom. The molecular weight excluding hydrogens is 264 g/mol. The molecule has 1 aromatic rings. The molecule has 0 radical (unpaired) electrons. The van der Waals surface area contributed by atoms with Crippen molar-refractivity contribution >= 4 is 28.6 Å². The average Bonchev–Trinajstić information content (AvgIpc) is 2.18. The molecule has 0 aliphatic heterocycles. The van der Waals surface area contributed by atoms with Crippen LogP contribution in [0.2, 0.25) is 0 Å². The largest absolute Gasteiger partial charge is 0.504 e. The second-order valence-electron chi connectivity index (χ2n) is 2.94. The Balaban J connectivity index is 2.90. The van der Waals surface area contributed by atoms with Gasteiger partial charge in [0.25, 0.3) is 0 Å². The van der Waals surface area contributed by atoms with Gasteiger partial charge in [-0.25, -0.2) is 0 Å². The van der Waals surface area contributed by atoms with Gasteiger partial charge in [0.1, 0.15) is 0 Å². The number of phenols is 1. The molecule has 1 rings (SSSR count). The number of methoxy groups -OCH3 is 1. The number of hydrogen-bond acceptors (Lipinski definition) is 3. The first-order valence-electron chi connectivity index (χ1n) is 4.35. The summed E-state index contributed by atoms with van der Waals surface area (Å²) < 4.78 is 5.96. The monoisotopic (exact) mass is 276 g/mol. The van der Waals surface area contributed by atoms with E-state index in [4.69, 9.17) is 4.74 Å². The van der Waals surface area contributed by atoms with Crippen LogP contribution in [0.4, 0.5) is 0 Å². The summed E-state index contributed by atoms with van der Waals surface area (Å²) in [5, 5.41) is 9.55.